The zero-order chi connectivity index (χ0) is 11.5. The van der Waals surface area contributed by atoms with Crippen LogP contribution in [-0.4, -0.2) is 18.5 Å². The third-order valence-corrected chi connectivity index (χ3v) is 3.41. The van der Waals surface area contributed by atoms with E-state index in [0.29, 0.717) is 11.3 Å². The molecular formula is C12H24N2O. The van der Waals surface area contributed by atoms with Crippen LogP contribution >= 0.6 is 0 Å². The van der Waals surface area contributed by atoms with Gasteiger partial charge in [-0.05, 0) is 37.0 Å². The molecule has 1 atom stereocenters. The maximum Gasteiger partial charge on any atom is 0.236 e. The average molecular weight is 212 g/mol. The van der Waals surface area contributed by atoms with Gasteiger partial charge in [0.25, 0.3) is 0 Å². The molecule has 0 spiro atoms. The first-order chi connectivity index (χ1) is 6.99. The third-order valence-electron chi connectivity index (χ3n) is 3.41. The third kappa shape index (κ3) is 3.82. The number of amides is 1. The summed E-state index contributed by atoms with van der Waals surface area (Å²) in [5, 5.41) is 2.98. The van der Waals surface area contributed by atoms with Crippen molar-refractivity contribution in [1.29, 1.82) is 0 Å². The molecule has 0 radical (unpaired) electrons. The summed E-state index contributed by atoms with van der Waals surface area (Å²) in [5.74, 6) is 0.496. The number of carbonyl (C=O) groups excluding carboxylic acids is 1. The number of carbonyl (C=O) groups is 1. The van der Waals surface area contributed by atoms with Crippen molar-refractivity contribution in [3.63, 3.8) is 0 Å². The molecule has 0 heterocycles. The second-order valence-electron chi connectivity index (χ2n) is 5.31. The number of rotatable bonds is 6. The minimum Gasteiger partial charge on any atom is -0.354 e. The minimum absolute atomic E-state index is 0.0171. The summed E-state index contributed by atoms with van der Waals surface area (Å²) >= 11 is 0. The van der Waals surface area contributed by atoms with Crippen molar-refractivity contribution in [2.75, 3.05) is 6.54 Å². The largest absolute Gasteiger partial charge is 0.354 e. The molecule has 0 aromatic heterocycles. The summed E-state index contributed by atoms with van der Waals surface area (Å²) < 4.78 is 0. The van der Waals surface area contributed by atoms with Crippen LogP contribution in [0.4, 0.5) is 0 Å². The Kier molecular flexibility index (Phi) is 4.14. The molecule has 15 heavy (non-hydrogen) atoms. The van der Waals surface area contributed by atoms with Gasteiger partial charge in [-0.3, -0.25) is 4.79 Å². The van der Waals surface area contributed by atoms with Crippen LogP contribution < -0.4 is 11.1 Å². The van der Waals surface area contributed by atoms with Crippen LogP contribution in [-0.2, 0) is 4.79 Å². The van der Waals surface area contributed by atoms with Crippen molar-refractivity contribution in [3.8, 4) is 0 Å². The van der Waals surface area contributed by atoms with Gasteiger partial charge in [-0.15, -0.1) is 0 Å². The summed E-state index contributed by atoms with van der Waals surface area (Å²) in [5.41, 5.74) is 6.21. The smallest absolute Gasteiger partial charge is 0.236 e. The fourth-order valence-corrected chi connectivity index (χ4v) is 1.85. The van der Waals surface area contributed by atoms with Crippen LogP contribution in [0.15, 0.2) is 0 Å². The Morgan fingerprint density at radius 3 is 2.47 bits per heavy atom. The molecule has 0 bridgehead atoms. The maximum atomic E-state index is 11.6. The number of hydrogen-bond donors (Lipinski definition) is 2. The van der Waals surface area contributed by atoms with E-state index < -0.39 is 0 Å². The van der Waals surface area contributed by atoms with E-state index in [-0.39, 0.29) is 11.9 Å². The van der Waals surface area contributed by atoms with Gasteiger partial charge in [-0.2, -0.15) is 0 Å². The SMILES string of the molecule is CCC1(CNC(=O)[C@@H](N)CC(C)C)CC1. The van der Waals surface area contributed by atoms with Crippen LogP contribution in [0.5, 0.6) is 0 Å². The monoisotopic (exact) mass is 212 g/mol. The number of hydrogen-bond acceptors (Lipinski definition) is 2. The first-order valence-electron chi connectivity index (χ1n) is 6.02. The maximum absolute atomic E-state index is 11.6. The van der Waals surface area contributed by atoms with Crippen molar-refractivity contribution < 1.29 is 4.79 Å². The van der Waals surface area contributed by atoms with Crippen molar-refractivity contribution in [2.45, 2.75) is 52.5 Å². The standard InChI is InChI=1S/C12H24N2O/c1-4-12(5-6-12)8-14-11(15)10(13)7-9(2)3/h9-10H,4-8,13H2,1-3H3,(H,14,15)/t10-/m0/s1. The van der Waals surface area contributed by atoms with Gasteiger partial charge in [0.15, 0.2) is 0 Å². The van der Waals surface area contributed by atoms with E-state index in [1.54, 1.807) is 0 Å². The zero-order valence-corrected chi connectivity index (χ0v) is 10.2. The number of nitrogens with one attached hydrogen (secondary N) is 1. The summed E-state index contributed by atoms with van der Waals surface area (Å²) in [6, 6.07) is -0.336. The van der Waals surface area contributed by atoms with Gasteiger partial charge < -0.3 is 11.1 Å². The topological polar surface area (TPSA) is 55.1 Å². The Morgan fingerprint density at radius 2 is 2.07 bits per heavy atom. The lowest BCUT2D eigenvalue weighted by Gasteiger charge is -2.17. The summed E-state index contributed by atoms with van der Waals surface area (Å²) in [6.07, 6.45) is 4.43. The summed E-state index contributed by atoms with van der Waals surface area (Å²) in [6.45, 7) is 7.17. The van der Waals surface area contributed by atoms with E-state index >= 15 is 0 Å². The zero-order valence-electron chi connectivity index (χ0n) is 10.2. The average Bonchev–Trinajstić information content (AvgIpc) is 2.94. The quantitative estimate of drug-likeness (QED) is 0.703. The molecule has 0 aromatic carbocycles. The molecule has 3 nitrogen and oxygen atoms in total. The van der Waals surface area contributed by atoms with Gasteiger partial charge >= 0.3 is 0 Å². The first-order valence-corrected chi connectivity index (χ1v) is 6.02. The molecular weight excluding hydrogens is 188 g/mol. The predicted molar refractivity (Wildman–Crippen MR) is 62.4 cm³/mol. The van der Waals surface area contributed by atoms with Crippen molar-refractivity contribution in [2.24, 2.45) is 17.1 Å². The molecule has 0 aromatic rings. The van der Waals surface area contributed by atoms with Crippen LogP contribution in [0.25, 0.3) is 0 Å². The van der Waals surface area contributed by atoms with Gasteiger partial charge in [0.2, 0.25) is 5.91 Å². The minimum atomic E-state index is -0.336. The van der Waals surface area contributed by atoms with Crippen LogP contribution in [0.2, 0.25) is 0 Å². The highest BCUT2D eigenvalue weighted by Gasteiger charge is 2.40. The molecule has 1 rings (SSSR count). The van der Waals surface area contributed by atoms with Gasteiger partial charge in [0.1, 0.15) is 0 Å². The van der Waals surface area contributed by atoms with E-state index in [0.717, 1.165) is 19.4 Å². The fraction of sp³-hybridized carbons (Fsp3) is 0.917. The first kappa shape index (κ1) is 12.5. The lowest BCUT2D eigenvalue weighted by atomic mass is 10.0. The van der Waals surface area contributed by atoms with Crippen LogP contribution in [0, 0.1) is 11.3 Å². The Hall–Kier alpha value is -0.570. The molecule has 0 saturated heterocycles. The van der Waals surface area contributed by atoms with Crippen molar-refractivity contribution in [1.82, 2.24) is 5.32 Å². The molecule has 3 heteroatoms. The highest BCUT2D eigenvalue weighted by molar-refractivity contribution is 5.81. The Balaban J connectivity index is 2.23. The predicted octanol–water partition coefficient (Wildman–Crippen LogP) is 1.67. The molecule has 1 amide bonds. The van der Waals surface area contributed by atoms with Gasteiger partial charge in [-0.1, -0.05) is 20.8 Å². The van der Waals surface area contributed by atoms with E-state index in [9.17, 15) is 4.79 Å². The van der Waals surface area contributed by atoms with E-state index in [1.807, 2.05) is 0 Å². The molecule has 0 unspecified atom stereocenters. The second-order valence-corrected chi connectivity index (χ2v) is 5.31. The Bertz CT molecular complexity index is 222. The molecule has 1 fully saturated rings. The number of nitrogens with two attached hydrogens (primary N) is 1. The van der Waals surface area contributed by atoms with E-state index in [1.165, 1.54) is 12.8 Å². The molecule has 0 aliphatic heterocycles. The normalized spacial score (nSPS) is 20.1. The summed E-state index contributed by atoms with van der Waals surface area (Å²) in [7, 11) is 0. The van der Waals surface area contributed by atoms with Crippen LogP contribution in [0.1, 0.15) is 46.5 Å². The molecule has 3 N–H and O–H groups in total. The van der Waals surface area contributed by atoms with Crippen LogP contribution in [0.3, 0.4) is 0 Å². The highest BCUT2D eigenvalue weighted by Crippen LogP contribution is 2.47. The lowest BCUT2D eigenvalue weighted by molar-refractivity contribution is -0.122. The van der Waals surface area contributed by atoms with Gasteiger partial charge in [-0.25, -0.2) is 0 Å². The second kappa shape index (κ2) is 4.97. The molecule has 88 valence electrons. The highest BCUT2D eigenvalue weighted by atomic mass is 16.2. The van der Waals surface area contributed by atoms with E-state index in [2.05, 4.69) is 26.1 Å². The van der Waals surface area contributed by atoms with Gasteiger partial charge in [0, 0.05) is 6.54 Å². The molecule has 1 aliphatic rings. The van der Waals surface area contributed by atoms with Gasteiger partial charge in [0.05, 0.1) is 6.04 Å². The fourth-order valence-electron chi connectivity index (χ4n) is 1.85. The summed E-state index contributed by atoms with van der Waals surface area (Å²) in [4.78, 5) is 11.6. The van der Waals surface area contributed by atoms with Crippen molar-refractivity contribution in [3.05, 3.63) is 0 Å². The Morgan fingerprint density at radius 1 is 1.47 bits per heavy atom. The Labute approximate surface area is 92.8 Å². The van der Waals surface area contributed by atoms with Crippen molar-refractivity contribution >= 4 is 5.91 Å². The molecule has 1 aliphatic carbocycles. The molecule has 1 saturated carbocycles. The van der Waals surface area contributed by atoms with E-state index in [4.69, 9.17) is 5.73 Å². The lowest BCUT2D eigenvalue weighted by Crippen LogP contribution is -2.43.